The van der Waals surface area contributed by atoms with Crippen LogP contribution in [0.1, 0.15) is 48.9 Å². The van der Waals surface area contributed by atoms with Crippen molar-refractivity contribution >= 4 is 29.9 Å². The second-order valence-corrected chi connectivity index (χ2v) is 7.03. The Morgan fingerprint density at radius 3 is 2.58 bits per heavy atom. The minimum absolute atomic E-state index is 0. The third kappa shape index (κ3) is 4.68. The maximum absolute atomic E-state index is 12.6. The van der Waals surface area contributed by atoms with Gasteiger partial charge in [0.2, 0.25) is 5.91 Å². The summed E-state index contributed by atoms with van der Waals surface area (Å²) in [6.07, 6.45) is 5.62. The Bertz CT molecular complexity index is 647. The van der Waals surface area contributed by atoms with Crippen molar-refractivity contribution in [3.05, 3.63) is 23.8 Å². The molecule has 1 aromatic carbocycles. The molecule has 26 heavy (non-hydrogen) atoms. The molecule has 1 saturated heterocycles. The summed E-state index contributed by atoms with van der Waals surface area (Å²) < 4.78 is 5.35. The number of nitrogens with zero attached hydrogens (tertiary/aromatic N) is 1. The Kier molecular flexibility index (Phi) is 7.29. The lowest BCUT2D eigenvalue weighted by Gasteiger charge is -2.26. The van der Waals surface area contributed by atoms with Crippen molar-refractivity contribution in [2.45, 2.75) is 44.6 Å². The smallest absolute Gasteiger partial charge is 0.253 e. The van der Waals surface area contributed by atoms with Crippen molar-refractivity contribution in [1.29, 1.82) is 0 Å². The number of amides is 2. The maximum atomic E-state index is 12.6. The molecule has 2 fully saturated rings. The number of nitrogens with one attached hydrogen (secondary N) is 1. The number of hydrogen-bond acceptors (Lipinski definition) is 4. The maximum Gasteiger partial charge on any atom is 0.253 e. The first kappa shape index (κ1) is 20.5. The lowest BCUT2D eigenvalue weighted by Crippen LogP contribution is -2.34. The normalized spacial score (nSPS) is 22.5. The zero-order valence-electron chi connectivity index (χ0n) is 15.2. The van der Waals surface area contributed by atoms with E-state index < -0.39 is 0 Å². The molecule has 1 aliphatic heterocycles. The molecule has 1 heterocycles. The second-order valence-electron chi connectivity index (χ2n) is 7.03. The molecule has 0 radical (unpaired) electrons. The van der Waals surface area contributed by atoms with Crippen LogP contribution in [0, 0.1) is 5.92 Å². The van der Waals surface area contributed by atoms with E-state index in [0.29, 0.717) is 23.4 Å². The number of ether oxygens (including phenoxy) is 1. The number of methoxy groups -OCH3 is 1. The van der Waals surface area contributed by atoms with Crippen LogP contribution in [-0.2, 0) is 4.79 Å². The van der Waals surface area contributed by atoms with E-state index in [4.69, 9.17) is 10.5 Å². The Balaban J connectivity index is 0.00000243. The van der Waals surface area contributed by atoms with Crippen LogP contribution in [0.25, 0.3) is 0 Å². The van der Waals surface area contributed by atoms with E-state index in [-0.39, 0.29) is 36.2 Å². The molecule has 0 bridgehead atoms. The lowest BCUT2D eigenvalue weighted by molar-refractivity contribution is -0.120. The number of carbonyl (C=O) groups is 2. The van der Waals surface area contributed by atoms with Gasteiger partial charge >= 0.3 is 0 Å². The quantitative estimate of drug-likeness (QED) is 0.839. The number of hydrogen-bond donors (Lipinski definition) is 2. The van der Waals surface area contributed by atoms with E-state index in [1.165, 1.54) is 0 Å². The van der Waals surface area contributed by atoms with Gasteiger partial charge in [-0.25, -0.2) is 0 Å². The topological polar surface area (TPSA) is 84.7 Å². The fourth-order valence-electron chi connectivity index (χ4n) is 3.74. The number of nitrogens with two attached hydrogens (primary N) is 1. The Labute approximate surface area is 160 Å². The van der Waals surface area contributed by atoms with E-state index in [2.05, 4.69) is 5.32 Å². The first-order valence-corrected chi connectivity index (χ1v) is 9.12. The van der Waals surface area contributed by atoms with Crippen molar-refractivity contribution < 1.29 is 14.3 Å². The molecular formula is C19H28ClN3O3. The van der Waals surface area contributed by atoms with Gasteiger partial charge in [-0.1, -0.05) is 6.42 Å². The van der Waals surface area contributed by atoms with Crippen LogP contribution >= 0.6 is 12.4 Å². The molecule has 0 aromatic heterocycles. The molecule has 144 valence electrons. The van der Waals surface area contributed by atoms with E-state index in [0.717, 1.165) is 45.2 Å². The molecule has 3 rings (SSSR count). The van der Waals surface area contributed by atoms with Crippen molar-refractivity contribution in [3.8, 4) is 5.75 Å². The molecule has 6 nitrogen and oxygen atoms in total. The number of likely N-dealkylation sites (tertiary alicyclic amines) is 1. The van der Waals surface area contributed by atoms with E-state index >= 15 is 0 Å². The van der Waals surface area contributed by atoms with E-state index in [1.807, 2.05) is 4.90 Å². The molecule has 3 N–H and O–H groups in total. The van der Waals surface area contributed by atoms with Gasteiger partial charge in [0.05, 0.1) is 12.8 Å². The van der Waals surface area contributed by atoms with Crippen LogP contribution in [0.5, 0.6) is 5.75 Å². The third-order valence-electron chi connectivity index (χ3n) is 5.18. The highest BCUT2D eigenvalue weighted by atomic mass is 35.5. The summed E-state index contributed by atoms with van der Waals surface area (Å²) >= 11 is 0. The summed E-state index contributed by atoms with van der Waals surface area (Å²) in [6, 6.07) is 5.31. The highest BCUT2D eigenvalue weighted by Gasteiger charge is 2.26. The fraction of sp³-hybridized carbons (Fsp3) is 0.579. The largest absolute Gasteiger partial charge is 0.495 e. The first-order chi connectivity index (χ1) is 12.1. The summed E-state index contributed by atoms with van der Waals surface area (Å²) in [6.45, 7) is 1.60. The van der Waals surface area contributed by atoms with Crippen LogP contribution in [0.4, 0.5) is 5.69 Å². The number of carbonyl (C=O) groups excluding carboxylic acids is 2. The van der Waals surface area contributed by atoms with Gasteiger partial charge in [0.25, 0.3) is 5.91 Å². The molecule has 1 aliphatic carbocycles. The summed E-state index contributed by atoms with van der Waals surface area (Å²) in [5, 5.41) is 2.95. The standard InChI is InChI=1S/C19H27N3O3.ClH/c1-25-17-8-7-14(19(24)22-9-2-3-10-22)12-16(17)21-18(23)13-5-4-6-15(20)11-13;/h7-8,12-13,15H,2-6,9-11,20H2,1H3,(H,21,23);1H. The van der Waals surface area contributed by atoms with Gasteiger partial charge in [-0.05, 0) is 50.3 Å². The molecule has 2 amide bonds. The molecule has 2 unspecified atom stereocenters. The number of halogens is 1. The molecule has 1 saturated carbocycles. The van der Waals surface area contributed by atoms with Crippen LogP contribution in [0.3, 0.4) is 0 Å². The predicted molar refractivity (Wildman–Crippen MR) is 104 cm³/mol. The summed E-state index contributed by atoms with van der Waals surface area (Å²) in [5.74, 6) is 0.451. The Hall–Kier alpha value is -1.79. The minimum atomic E-state index is -0.0774. The lowest BCUT2D eigenvalue weighted by atomic mass is 9.85. The van der Waals surface area contributed by atoms with Crippen molar-refractivity contribution in [1.82, 2.24) is 4.90 Å². The average molecular weight is 382 g/mol. The molecular weight excluding hydrogens is 354 g/mol. The van der Waals surface area contributed by atoms with Crippen molar-refractivity contribution in [2.24, 2.45) is 11.7 Å². The number of rotatable bonds is 4. The van der Waals surface area contributed by atoms with Gasteiger partial charge in [0.15, 0.2) is 0 Å². The van der Waals surface area contributed by atoms with Crippen molar-refractivity contribution in [3.63, 3.8) is 0 Å². The summed E-state index contributed by atoms with van der Waals surface area (Å²) in [7, 11) is 1.56. The third-order valence-corrected chi connectivity index (χ3v) is 5.18. The molecule has 2 atom stereocenters. The monoisotopic (exact) mass is 381 g/mol. The predicted octanol–water partition coefficient (Wildman–Crippen LogP) is 2.81. The van der Waals surface area contributed by atoms with Crippen LogP contribution in [0.15, 0.2) is 18.2 Å². The van der Waals surface area contributed by atoms with E-state index in [1.54, 1.807) is 25.3 Å². The SMILES string of the molecule is COc1ccc(C(=O)N2CCCC2)cc1NC(=O)C1CCCC(N)C1.Cl. The Morgan fingerprint density at radius 2 is 1.92 bits per heavy atom. The highest BCUT2D eigenvalue weighted by molar-refractivity contribution is 5.99. The van der Waals surface area contributed by atoms with Gasteiger partial charge in [-0.15, -0.1) is 12.4 Å². The van der Waals surface area contributed by atoms with Crippen LogP contribution < -0.4 is 15.8 Å². The van der Waals surface area contributed by atoms with Gasteiger partial charge in [-0.2, -0.15) is 0 Å². The average Bonchev–Trinajstić information content (AvgIpc) is 3.15. The van der Waals surface area contributed by atoms with Gasteiger partial charge in [0.1, 0.15) is 5.75 Å². The van der Waals surface area contributed by atoms with Crippen LogP contribution in [-0.4, -0.2) is 43.0 Å². The number of anilines is 1. The molecule has 2 aliphatic rings. The van der Waals surface area contributed by atoms with Gasteiger partial charge in [-0.3, -0.25) is 9.59 Å². The minimum Gasteiger partial charge on any atom is -0.495 e. The highest BCUT2D eigenvalue weighted by Crippen LogP contribution is 2.29. The zero-order chi connectivity index (χ0) is 17.8. The zero-order valence-corrected chi connectivity index (χ0v) is 16.0. The first-order valence-electron chi connectivity index (χ1n) is 9.12. The van der Waals surface area contributed by atoms with Crippen LogP contribution in [0.2, 0.25) is 0 Å². The molecule has 1 aromatic rings. The Morgan fingerprint density at radius 1 is 1.19 bits per heavy atom. The summed E-state index contributed by atoms with van der Waals surface area (Å²) in [5.41, 5.74) is 7.13. The van der Waals surface area contributed by atoms with E-state index in [9.17, 15) is 9.59 Å². The molecule has 7 heteroatoms. The second kappa shape index (κ2) is 9.24. The fourth-order valence-corrected chi connectivity index (χ4v) is 3.74. The van der Waals surface area contributed by atoms with Gasteiger partial charge in [0, 0.05) is 30.6 Å². The van der Waals surface area contributed by atoms with Crippen molar-refractivity contribution in [2.75, 3.05) is 25.5 Å². The molecule has 0 spiro atoms. The summed E-state index contributed by atoms with van der Waals surface area (Å²) in [4.78, 5) is 27.0. The van der Waals surface area contributed by atoms with Gasteiger partial charge < -0.3 is 20.7 Å². The number of benzene rings is 1.